The molecule has 0 saturated carbocycles. The average molecular weight is 316 g/mol. The molecule has 1 aromatic rings. The summed E-state index contributed by atoms with van der Waals surface area (Å²) in [5, 5.41) is 10.5. The summed E-state index contributed by atoms with van der Waals surface area (Å²) < 4.78 is 16.5. The summed E-state index contributed by atoms with van der Waals surface area (Å²) >= 11 is 0. The van der Waals surface area contributed by atoms with Gasteiger partial charge < -0.3 is 24.2 Å². The summed E-state index contributed by atoms with van der Waals surface area (Å²) in [5.41, 5.74) is 2.70. The van der Waals surface area contributed by atoms with Crippen LogP contribution in [0, 0.1) is 0 Å². The number of likely N-dealkylation sites (tertiary alicyclic amines) is 1. The van der Waals surface area contributed by atoms with Crippen LogP contribution in [0.25, 0.3) is 0 Å². The van der Waals surface area contributed by atoms with E-state index in [0.717, 1.165) is 18.5 Å². The molecule has 0 radical (unpaired) electrons. The number of nitrogens with one attached hydrogen (secondary N) is 1. The fraction of sp³-hybridized carbons (Fsp3) is 0.471. The monoisotopic (exact) mass is 316 g/mol. The first kappa shape index (κ1) is 13.4. The van der Waals surface area contributed by atoms with Crippen LogP contribution in [-0.4, -0.2) is 49.7 Å². The van der Waals surface area contributed by atoms with Crippen molar-refractivity contribution in [3.63, 3.8) is 0 Å². The number of fused-ring (bicyclic) bond motifs is 6. The lowest BCUT2D eigenvalue weighted by Gasteiger charge is -2.41. The van der Waals surface area contributed by atoms with Gasteiger partial charge in [0, 0.05) is 6.42 Å². The third-order valence-electron chi connectivity index (χ3n) is 5.54. The molecule has 3 heterocycles. The van der Waals surface area contributed by atoms with Crippen LogP contribution >= 0.6 is 0 Å². The van der Waals surface area contributed by atoms with Gasteiger partial charge in [-0.05, 0) is 29.3 Å². The van der Waals surface area contributed by atoms with Crippen molar-refractivity contribution in [2.24, 2.45) is 0 Å². The molecule has 1 aliphatic carbocycles. The normalized spacial score (nSPS) is 36.7. The molecule has 5 atom stereocenters. The minimum atomic E-state index is -0.750. The molecule has 1 saturated heterocycles. The number of rotatable bonds is 0. The number of ether oxygens (including phenoxy) is 3. The van der Waals surface area contributed by atoms with Gasteiger partial charge in [-0.15, -0.1) is 0 Å². The summed E-state index contributed by atoms with van der Waals surface area (Å²) in [6, 6.07) is 3.85. The average Bonchev–Trinajstić information content (AvgIpc) is 3.13. The van der Waals surface area contributed by atoms with Gasteiger partial charge in [-0.1, -0.05) is 0 Å². The first-order valence-corrected chi connectivity index (χ1v) is 7.99. The van der Waals surface area contributed by atoms with Crippen LogP contribution in [0.1, 0.15) is 28.3 Å². The Bertz CT molecular complexity index is 743. The molecule has 3 aliphatic heterocycles. The van der Waals surface area contributed by atoms with Crippen molar-refractivity contribution in [1.29, 1.82) is 0 Å². The number of esters is 1. The van der Waals surface area contributed by atoms with E-state index in [-0.39, 0.29) is 18.8 Å². The fourth-order valence-corrected chi connectivity index (χ4v) is 4.51. The Hall–Kier alpha value is -2.05. The topological polar surface area (TPSA) is 69.4 Å². The van der Waals surface area contributed by atoms with Gasteiger partial charge in [0.15, 0.2) is 11.5 Å². The Balaban J connectivity index is 1.70. The van der Waals surface area contributed by atoms with Crippen LogP contribution in [0.4, 0.5) is 0 Å². The Kier molecular flexibility index (Phi) is 2.61. The Morgan fingerprint density at radius 2 is 2.04 bits per heavy atom. The Morgan fingerprint density at radius 3 is 2.87 bits per heavy atom. The molecule has 6 nitrogen and oxygen atoms in total. The van der Waals surface area contributed by atoms with E-state index in [2.05, 4.69) is 7.05 Å². The highest BCUT2D eigenvalue weighted by Crippen LogP contribution is 2.46. The zero-order valence-corrected chi connectivity index (χ0v) is 12.7. The van der Waals surface area contributed by atoms with Crippen LogP contribution < -0.4 is 14.4 Å². The van der Waals surface area contributed by atoms with E-state index >= 15 is 0 Å². The molecule has 1 fully saturated rings. The number of hydrogen-bond donors (Lipinski definition) is 2. The van der Waals surface area contributed by atoms with Gasteiger partial charge in [-0.3, -0.25) is 0 Å². The van der Waals surface area contributed by atoms with Crippen LogP contribution in [0.15, 0.2) is 23.8 Å². The number of benzene rings is 1. The third-order valence-corrected chi connectivity index (χ3v) is 5.54. The predicted molar refractivity (Wildman–Crippen MR) is 78.8 cm³/mol. The van der Waals surface area contributed by atoms with Crippen molar-refractivity contribution in [2.45, 2.75) is 30.6 Å². The van der Waals surface area contributed by atoms with Crippen molar-refractivity contribution in [3.05, 3.63) is 34.9 Å². The lowest BCUT2D eigenvalue weighted by molar-refractivity contribution is -0.891. The van der Waals surface area contributed by atoms with Crippen LogP contribution in [0.5, 0.6) is 11.5 Å². The van der Waals surface area contributed by atoms with Gasteiger partial charge in [0.1, 0.15) is 18.2 Å². The van der Waals surface area contributed by atoms with Crippen molar-refractivity contribution >= 4 is 5.97 Å². The van der Waals surface area contributed by atoms with E-state index in [1.165, 1.54) is 10.5 Å². The quantitative estimate of drug-likeness (QED) is 0.505. The first-order valence-electron chi connectivity index (χ1n) is 7.99. The minimum absolute atomic E-state index is 0.0466. The summed E-state index contributed by atoms with van der Waals surface area (Å²) in [7, 11) is 2.16. The molecule has 0 bridgehead atoms. The first-order chi connectivity index (χ1) is 11.1. The maximum absolute atomic E-state index is 12.4. The SMILES string of the molecule is C[NH+]1CCC2=C[C@H](O)[C@H]3OC(=O)c4cc5c(cc4[C@H]3[C@@H]21)OCO5. The summed E-state index contributed by atoms with van der Waals surface area (Å²) in [6.07, 6.45) is 1.58. The number of aliphatic hydroxyl groups is 1. The second kappa shape index (κ2) is 4.49. The van der Waals surface area contributed by atoms with E-state index in [1.807, 2.05) is 12.1 Å². The van der Waals surface area contributed by atoms with E-state index in [9.17, 15) is 9.90 Å². The van der Waals surface area contributed by atoms with E-state index in [1.54, 1.807) is 6.07 Å². The maximum atomic E-state index is 12.4. The summed E-state index contributed by atoms with van der Waals surface area (Å²) in [4.78, 5) is 13.8. The predicted octanol–water partition coefficient (Wildman–Crippen LogP) is -0.374. The van der Waals surface area contributed by atoms with Gasteiger partial charge in [0.25, 0.3) is 0 Å². The van der Waals surface area contributed by atoms with Crippen molar-refractivity contribution in [2.75, 3.05) is 20.4 Å². The molecule has 5 rings (SSSR count). The molecule has 6 heteroatoms. The van der Waals surface area contributed by atoms with E-state index in [0.29, 0.717) is 17.1 Å². The zero-order chi connectivity index (χ0) is 15.7. The smallest absolute Gasteiger partial charge is 0.338 e. The highest BCUT2D eigenvalue weighted by atomic mass is 16.7. The fourth-order valence-electron chi connectivity index (χ4n) is 4.51. The molecule has 0 amide bonds. The zero-order valence-electron chi connectivity index (χ0n) is 12.7. The number of likely N-dealkylation sites (N-methyl/N-ethyl adjacent to an activating group) is 1. The summed E-state index contributed by atoms with van der Waals surface area (Å²) in [5.74, 6) is 0.803. The highest BCUT2D eigenvalue weighted by molar-refractivity contribution is 5.94. The molecule has 2 N–H and O–H groups in total. The lowest BCUT2D eigenvalue weighted by atomic mass is 9.74. The Labute approximate surface area is 133 Å². The number of quaternary nitrogens is 1. The molecule has 4 aliphatic rings. The summed E-state index contributed by atoms with van der Waals surface area (Å²) in [6.45, 7) is 1.20. The van der Waals surface area contributed by atoms with Crippen LogP contribution in [0.3, 0.4) is 0 Å². The maximum Gasteiger partial charge on any atom is 0.338 e. The van der Waals surface area contributed by atoms with Gasteiger partial charge in [0.2, 0.25) is 6.79 Å². The second-order valence-electron chi connectivity index (χ2n) is 6.74. The molecule has 0 spiro atoms. The van der Waals surface area contributed by atoms with E-state index < -0.39 is 18.2 Å². The van der Waals surface area contributed by atoms with Gasteiger partial charge in [-0.25, -0.2) is 4.79 Å². The van der Waals surface area contributed by atoms with Crippen molar-refractivity contribution in [3.8, 4) is 11.5 Å². The molecule has 1 aromatic carbocycles. The number of hydrogen-bond acceptors (Lipinski definition) is 5. The Morgan fingerprint density at radius 1 is 1.26 bits per heavy atom. The van der Waals surface area contributed by atoms with Gasteiger partial charge in [-0.2, -0.15) is 0 Å². The molecular formula is C17H18NO5+. The minimum Gasteiger partial charge on any atom is -0.455 e. The number of aliphatic hydroxyl groups excluding tert-OH is 1. The molecule has 23 heavy (non-hydrogen) atoms. The van der Waals surface area contributed by atoms with Crippen molar-refractivity contribution < 1.29 is 29.0 Å². The van der Waals surface area contributed by atoms with Gasteiger partial charge >= 0.3 is 5.97 Å². The third kappa shape index (κ3) is 1.73. The van der Waals surface area contributed by atoms with E-state index in [4.69, 9.17) is 14.2 Å². The lowest BCUT2D eigenvalue weighted by Crippen LogP contribution is -3.11. The second-order valence-corrected chi connectivity index (χ2v) is 6.74. The molecular weight excluding hydrogens is 298 g/mol. The molecule has 1 unspecified atom stereocenters. The standard InChI is InChI=1S/C17H17NO5/c1-18-3-2-8-4-11(19)16-14(15(8)18)9-5-12-13(22-7-21-12)6-10(9)17(20)23-16/h4-6,11,14-16,19H,2-3,7H2,1H3/p+1/t11-,14-,15+,16+/m0/s1. The molecule has 0 aromatic heterocycles. The van der Waals surface area contributed by atoms with Gasteiger partial charge in [0.05, 0.1) is 25.1 Å². The molecule has 120 valence electrons. The van der Waals surface area contributed by atoms with Crippen molar-refractivity contribution in [1.82, 2.24) is 0 Å². The van der Waals surface area contributed by atoms with Crippen LogP contribution in [-0.2, 0) is 4.74 Å². The number of carbonyl (C=O) groups is 1. The highest BCUT2D eigenvalue weighted by Gasteiger charge is 2.53. The largest absolute Gasteiger partial charge is 0.455 e. The number of carbonyl (C=O) groups excluding carboxylic acids is 1. The van der Waals surface area contributed by atoms with Crippen LogP contribution in [0.2, 0.25) is 0 Å².